The van der Waals surface area contributed by atoms with E-state index >= 15 is 0 Å². The average molecular weight is 241 g/mol. The predicted octanol–water partition coefficient (Wildman–Crippen LogP) is 0.393. The van der Waals surface area contributed by atoms with Gasteiger partial charge in [-0.1, -0.05) is 0 Å². The molecular weight excluding hydrogens is 214 g/mol. The lowest BCUT2D eigenvalue weighted by Gasteiger charge is -2.28. The van der Waals surface area contributed by atoms with Crippen LogP contribution >= 0.6 is 0 Å². The summed E-state index contributed by atoms with van der Waals surface area (Å²) in [6.07, 6.45) is 4.28. The molecule has 0 saturated carbocycles. The third kappa shape index (κ3) is 4.92. The molecule has 2 rings (SSSR count). The molecule has 2 saturated heterocycles. The van der Waals surface area contributed by atoms with Crippen molar-refractivity contribution < 1.29 is 4.74 Å². The van der Waals surface area contributed by atoms with Crippen LogP contribution in [0.2, 0.25) is 0 Å². The van der Waals surface area contributed by atoms with Crippen LogP contribution in [0.25, 0.3) is 0 Å². The van der Waals surface area contributed by atoms with Gasteiger partial charge in [-0.15, -0.1) is 0 Å². The quantitative estimate of drug-likeness (QED) is 0.728. The molecule has 2 fully saturated rings. The summed E-state index contributed by atoms with van der Waals surface area (Å²) in [6, 6.07) is 0. The van der Waals surface area contributed by atoms with Crippen LogP contribution in [0.5, 0.6) is 0 Å². The highest BCUT2D eigenvalue weighted by atomic mass is 16.5. The Balaban J connectivity index is 1.51. The summed E-state index contributed by atoms with van der Waals surface area (Å²) in [6.45, 7) is 9.28. The highest BCUT2D eigenvalue weighted by Crippen LogP contribution is 2.12. The minimum Gasteiger partial charge on any atom is -0.377 e. The highest BCUT2D eigenvalue weighted by Gasteiger charge is 2.17. The summed E-state index contributed by atoms with van der Waals surface area (Å²) in [5, 5.41) is 3.39. The van der Waals surface area contributed by atoms with E-state index in [4.69, 9.17) is 4.74 Å². The van der Waals surface area contributed by atoms with Crippen molar-refractivity contribution in [3.63, 3.8) is 0 Å². The van der Waals surface area contributed by atoms with Gasteiger partial charge in [-0.3, -0.25) is 0 Å². The Kier molecular flexibility index (Phi) is 5.71. The minimum absolute atomic E-state index is 0.499. The van der Waals surface area contributed by atoms with Gasteiger partial charge in [0, 0.05) is 39.3 Å². The van der Waals surface area contributed by atoms with Crippen molar-refractivity contribution >= 4 is 0 Å². The van der Waals surface area contributed by atoms with Crippen LogP contribution in [0.1, 0.15) is 19.3 Å². The molecule has 0 aromatic rings. The molecule has 4 nitrogen and oxygen atoms in total. The van der Waals surface area contributed by atoms with Crippen molar-refractivity contribution in [3.05, 3.63) is 0 Å². The number of rotatable bonds is 6. The van der Waals surface area contributed by atoms with Crippen molar-refractivity contribution in [1.82, 2.24) is 15.1 Å². The van der Waals surface area contributed by atoms with Gasteiger partial charge in [0.1, 0.15) is 0 Å². The van der Waals surface area contributed by atoms with Crippen molar-refractivity contribution in [2.24, 2.45) is 0 Å². The number of ether oxygens (including phenoxy) is 1. The van der Waals surface area contributed by atoms with Gasteiger partial charge < -0.3 is 19.9 Å². The Morgan fingerprint density at radius 3 is 2.88 bits per heavy atom. The van der Waals surface area contributed by atoms with E-state index in [1.54, 1.807) is 0 Å². The van der Waals surface area contributed by atoms with Gasteiger partial charge in [-0.05, 0) is 39.4 Å². The van der Waals surface area contributed by atoms with Gasteiger partial charge in [-0.25, -0.2) is 0 Å². The molecule has 2 aliphatic heterocycles. The maximum absolute atomic E-state index is 5.66. The van der Waals surface area contributed by atoms with E-state index < -0.39 is 0 Å². The zero-order valence-corrected chi connectivity index (χ0v) is 11.2. The molecule has 0 amide bonds. The fourth-order valence-electron chi connectivity index (χ4n) is 2.73. The number of hydrogen-bond donors (Lipinski definition) is 1. The van der Waals surface area contributed by atoms with E-state index in [9.17, 15) is 0 Å². The summed E-state index contributed by atoms with van der Waals surface area (Å²) in [5.41, 5.74) is 0. The van der Waals surface area contributed by atoms with Crippen molar-refractivity contribution in [2.45, 2.75) is 25.4 Å². The monoisotopic (exact) mass is 241 g/mol. The van der Waals surface area contributed by atoms with Crippen LogP contribution in [-0.4, -0.2) is 75.4 Å². The average Bonchev–Trinajstić information content (AvgIpc) is 2.83. The standard InChI is InChI=1S/C13H27N3O/c1-15(12-13-4-2-11-17-13)7-3-8-16-9-5-14-6-10-16/h13-14H,2-12H2,1H3. The van der Waals surface area contributed by atoms with Gasteiger partial charge in [-0.2, -0.15) is 0 Å². The molecule has 17 heavy (non-hydrogen) atoms. The Morgan fingerprint density at radius 1 is 1.35 bits per heavy atom. The minimum atomic E-state index is 0.499. The van der Waals surface area contributed by atoms with Crippen LogP contribution in [0, 0.1) is 0 Å². The molecule has 1 N–H and O–H groups in total. The number of nitrogens with zero attached hydrogens (tertiary/aromatic N) is 2. The lowest BCUT2D eigenvalue weighted by molar-refractivity contribution is 0.0797. The maximum Gasteiger partial charge on any atom is 0.0702 e. The molecule has 100 valence electrons. The van der Waals surface area contributed by atoms with Gasteiger partial charge in [0.15, 0.2) is 0 Å². The van der Waals surface area contributed by atoms with E-state index in [1.165, 1.54) is 45.4 Å². The number of nitrogens with one attached hydrogen (secondary N) is 1. The maximum atomic E-state index is 5.66. The zero-order chi connectivity index (χ0) is 11.9. The molecule has 2 heterocycles. The second kappa shape index (κ2) is 7.31. The van der Waals surface area contributed by atoms with Gasteiger partial charge in [0.05, 0.1) is 6.10 Å². The first kappa shape index (κ1) is 13.3. The summed E-state index contributed by atoms with van der Waals surface area (Å²) < 4.78 is 5.66. The summed E-state index contributed by atoms with van der Waals surface area (Å²) >= 11 is 0. The van der Waals surface area contributed by atoms with E-state index in [2.05, 4.69) is 22.2 Å². The lowest BCUT2D eigenvalue weighted by atomic mass is 10.2. The molecule has 2 aliphatic rings. The third-order valence-electron chi connectivity index (χ3n) is 3.76. The lowest BCUT2D eigenvalue weighted by Crippen LogP contribution is -2.44. The van der Waals surface area contributed by atoms with Crippen LogP contribution in [0.3, 0.4) is 0 Å². The first-order chi connectivity index (χ1) is 8.34. The topological polar surface area (TPSA) is 27.7 Å². The normalized spacial score (nSPS) is 26.8. The van der Waals surface area contributed by atoms with Crippen LogP contribution in [0.15, 0.2) is 0 Å². The molecule has 1 atom stereocenters. The Bertz CT molecular complexity index is 201. The van der Waals surface area contributed by atoms with Crippen molar-refractivity contribution in [1.29, 1.82) is 0 Å². The molecule has 0 bridgehead atoms. The Morgan fingerprint density at radius 2 is 2.18 bits per heavy atom. The molecule has 0 radical (unpaired) electrons. The van der Waals surface area contributed by atoms with E-state index in [-0.39, 0.29) is 0 Å². The molecule has 0 aromatic carbocycles. The SMILES string of the molecule is CN(CCCN1CCNCC1)CC1CCCO1. The van der Waals surface area contributed by atoms with Crippen molar-refractivity contribution in [2.75, 3.05) is 59.5 Å². The van der Waals surface area contributed by atoms with Gasteiger partial charge in [0.25, 0.3) is 0 Å². The third-order valence-corrected chi connectivity index (χ3v) is 3.76. The molecule has 0 aromatic heterocycles. The number of likely N-dealkylation sites (N-methyl/N-ethyl adjacent to an activating group) is 1. The van der Waals surface area contributed by atoms with Crippen LogP contribution in [-0.2, 0) is 4.74 Å². The highest BCUT2D eigenvalue weighted by molar-refractivity contribution is 4.70. The summed E-state index contributed by atoms with van der Waals surface area (Å²) in [5.74, 6) is 0. The molecule has 4 heteroatoms. The van der Waals surface area contributed by atoms with E-state index in [0.717, 1.165) is 26.2 Å². The second-order valence-corrected chi connectivity index (χ2v) is 5.34. The first-order valence-electron chi connectivity index (χ1n) is 7.08. The van der Waals surface area contributed by atoms with E-state index in [1.807, 2.05) is 0 Å². The first-order valence-corrected chi connectivity index (χ1v) is 7.08. The number of hydrogen-bond acceptors (Lipinski definition) is 4. The molecule has 0 spiro atoms. The molecule has 0 aliphatic carbocycles. The fourth-order valence-corrected chi connectivity index (χ4v) is 2.73. The number of piperazine rings is 1. The van der Waals surface area contributed by atoms with Gasteiger partial charge in [0.2, 0.25) is 0 Å². The van der Waals surface area contributed by atoms with Crippen LogP contribution in [0.4, 0.5) is 0 Å². The smallest absolute Gasteiger partial charge is 0.0702 e. The molecule has 1 unspecified atom stereocenters. The zero-order valence-electron chi connectivity index (χ0n) is 11.2. The predicted molar refractivity (Wildman–Crippen MR) is 70.4 cm³/mol. The largest absolute Gasteiger partial charge is 0.377 e. The molecular formula is C13H27N3O. The van der Waals surface area contributed by atoms with Gasteiger partial charge >= 0.3 is 0 Å². The Labute approximate surface area is 105 Å². The van der Waals surface area contributed by atoms with Crippen LogP contribution < -0.4 is 5.32 Å². The fraction of sp³-hybridized carbons (Fsp3) is 1.00. The second-order valence-electron chi connectivity index (χ2n) is 5.34. The van der Waals surface area contributed by atoms with E-state index in [0.29, 0.717) is 6.10 Å². The Hall–Kier alpha value is -0.160. The van der Waals surface area contributed by atoms with Crippen molar-refractivity contribution in [3.8, 4) is 0 Å². The summed E-state index contributed by atoms with van der Waals surface area (Å²) in [7, 11) is 2.22. The summed E-state index contributed by atoms with van der Waals surface area (Å²) in [4.78, 5) is 4.99.